The van der Waals surface area contributed by atoms with Crippen molar-refractivity contribution in [2.24, 2.45) is 5.73 Å². The van der Waals surface area contributed by atoms with Gasteiger partial charge in [-0.2, -0.15) is 0 Å². The van der Waals surface area contributed by atoms with Crippen molar-refractivity contribution >= 4 is 44.0 Å². The maximum absolute atomic E-state index is 12.6. The van der Waals surface area contributed by atoms with Crippen molar-refractivity contribution in [3.8, 4) is 0 Å². The number of rotatable bonds is 4. The molecule has 0 aromatic heterocycles. The van der Waals surface area contributed by atoms with Crippen LogP contribution in [0.1, 0.15) is 15.9 Å². The van der Waals surface area contributed by atoms with E-state index in [2.05, 4.69) is 4.72 Å². The van der Waals surface area contributed by atoms with Gasteiger partial charge in [0.2, 0.25) is 5.91 Å². The van der Waals surface area contributed by atoms with Crippen molar-refractivity contribution < 1.29 is 13.2 Å². The molecule has 7 heteroatoms. The van der Waals surface area contributed by atoms with Gasteiger partial charge in [-0.15, -0.1) is 0 Å². The molecule has 5 nitrogen and oxygen atoms in total. The number of nitrogens with one attached hydrogen (secondary N) is 1. The SMILES string of the molecule is Cc1cc(Cl)cc(S(=O)(=O)Nc2ccc3c(C(N)=O)cccc3c2)c1. The first kappa shape index (κ1) is 17.3. The molecule has 0 saturated heterocycles. The molecule has 0 fully saturated rings. The third kappa shape index (κ3) is 3.60. The number of carbonyl (C=O) groups excluding carboxylic acids is 1. The van der Waals surface area contributed by atoms with Crippen LogP contribution in [0.5, 0.6) is 0 Å². The Bertz CT molecular complexity index is 1070. The van der Waals surface area contributed by atoms with Gasteiger partial charge in [0.1, 0.15) is 0 Å². The van der Waals surface area contributed by atoms with E-state index in [-0.39, 0.29) is 4.90 Å². The summed E-state index contributed by atoms with van der Waals surface area (Å²) < 4.78 is 27.7. The number of primary amides is 1. The van der Waals surface area contributed by atoms with Gasteiger partial charge < -0.3 is 5.73 Å². The summed E-state index contributed by atoms with van der Waals surface area (Å²) in [6.45, 7) is 1.77. The van der Waals surface area contributed by atoms with Gasteiger partial charge in [-0.1, -0.05) is 29.8 Å². The lowest BCUT2D eigenvalue weighted by atomic mass is 10.0. The highest BCUT2D eigenvalue weighted by atomic mass is 35.5. The molecule has 128 valence electrons. The first-order valence-electron chi connectivity index (χ1n) is 7.39. The van der Waals surface area contributed by atoms with Crippen molar-refractivity contribution in [1.29, 1.82) is 0 Å². The first-order valence-corrected chi connectivity index (χ1v) is 9.25. The van der Waals surface area contributed by atoms with E-state index in [1.54, 1.807) is 55.5 Å². The van der Waals surface area contributed by atoms with Crippen molar-refractivity contribution in [3.63, 3.8) is 0 Å². The Labute approximate surface area is 150 Å². The molecule has 0 atom stereocenters. The van der Waals surface area contributed by atoms with Crippen LogP contribution in [-0.2, 0) is 10.0 Å². The molecule has 0 saturated carbocycles. The molecule has 0 heterocycles. The molecule has 0 unspecified atom stereocenters. The smallest absolute Gasteiger partial charge is 0.261 e. The highest BCUT2D eigenvalue weighted by Crippen LogP contribution is 2.25. The van der Waals surface area contributed by atoms with Gasteiger partial charge in [-0.3, -0.25) is 9.52 Å². The predicted molar refractivity (Wildman–Crippen MR) is 99.5 cm³/mol. The summed E-state index contributed by atoms with van der Waals surface area (Å²) in [6.07, 6.45) is 0. The monoisotopic (exact) mass is 374 g/mol. The van der Waals surface area contributed by atoms with Gasteiger partial charge in [0.25, 0.3) is 10.0 Å². The van der Waals surface area contributed by atoms with Crippen LogP contribution in [0.4, 0.5) is 5.69 Å². The van der Waals surface area contributed by atoms with Crippen LogP contribution in [0.2, 0.25) is 5.02 Å². The first-order chi connectivity index (χ1) is 11.8. The minimum Gasteiger partial charge on any atom is -0.366 e. The zero-order valence-electron chi connectivity index (χ0n) is 13.3. The highest BCUT2D eigenvalue weighted by Gasteiger charge is 2.16. The van der Waals surface area contributed by atoms with Gasteiger partial charge in [0.05, 0.1) is 4.90 Å². The number of hydrogen-bond donors (Lipinski definition) is 2. The van der Waals surface area contributed by atoms with Crippen molar-refractivity contribution in [2.75, 3.05) is 4.72 Å². The van der Waals surface area contributed by atoms with E-state index < -0.39 is 15.9 Å². The fourth-order valence-corrected chi connectivity index (χ4v) is 4.17. The van der Waals surface area contributed by atoms with Gasteiger partial charge >= 0.3 is 0 Å². The van der Waals surface area contributed by atoms with Crippen molar-refractivity contribution in [1.82, 2.24) is 0 Å². The molecule has 3 aromatic rings. The molecular weight excluding hydrogens is 360 g/mol. The summed E-state index contributed by atoms with van der Waals surface area (Å²) in [6, 6.07) is 14.6. The number of anilines is 1. The second-order valence-electron chi connectivity index (χ2n) is 5.68. The molecule has 0 aliphatic rings. The van der Waals surface area contributed by atoms with Crippen molar-refractivity contribution in [2.45, 2.75) is 11.8 Å². The van der Waals surface area contributed by atoms with E-state index >= 15 is 0 Å². The number of aryl methyl sites for hydroxylation is 1. The Balaban J connectivity index is 2.01. The van der Waals surface area contributed by atoms with E-state index in [9.17, 15) is 13.2 Å². The lowest BCUT2D eigenvalue weighted by Crippen LogP contribution is -2.13. The molecule has 25 heavy (non-hydrogen) atoms. The Kier molecular flexibility index (Phi) is 4.41. The molecule has 0 aliphatic heterocycles. The molecule has 0 spiro atoms. The third-order valence-corrected chi connectivity index (χ3v) is 5.30. The Morgan fingerprint density at radius 3 is 2.52 bits per heavy atom. The van der Waals surface area contributed by atoms with E-state index in [0.717, 1.165) is 5.56 Å². The number of sulfonamides is 1. The average molecular weight is 375 g/mol. The van der Waals surface area contributed by atoms with E-state index in [1.807, 2.05) is 0 Å². The number of carbonyl (C=O) groups is 1. The minimum atomic E-state index is -3.78. The summed E-state index contributed by atoms with van der Waals surface area (Å²) in [7, 11) is -3.78. The summed E-state index contributed by atoms with van der Waals surface area (Å²) >= 11 is 5.95. The topological polar surface area (TPSA) is 89.3 Å². The lowest BCUT2D eigenvalue weighted by molar-refractivity contribution is 0.100. The average Bonchev–Trinajstić information content (AvgIpc) is 2.52. The second-order valence-corrected chi connectivity index (χ2v) is 7.79. The zero-order chi connectivity index (χ0) is 18.2. The van der Waals surface area contributed by atoms with Crippen LogP contribution in [-0.4, -0.2) is 14.3 Å². The molecule has 3 N–H and O–H groups in total. The van der Waals surface area contributed by atoms with Crippen LogP contribution in [0.3, 0.4) is 0 Å². The summed E-state index contributed by atoms with van der Waals surface area (Å²) in [5, 5.41) is 1.72. The molecule has 3 aromatic carbocycles. The van der Waals surface area contributed by atoms with E-state index in [1.165, 1.54) is 6.07 Å². The Hall–Kier alpha value is -2.57. The number of amides is 1. The van der Waals surface area contributed by atoms with Crippen LogP contribution in [0.25, 0.3) is 10.8 Å². The minimum absolute atomic E-state index is 0.0866. The van der Waals surface area contributed by atoms with E-state index in [0.29, 0.717) is 27.0 Å². The maximum atomic E-state index is 12.6. The summed E-state index contributed by atoms with van der Waals surface area (Å²) in [5.74, 6) is -0.534. The molecular formula is C18H15ClN2O3S. The maximum Gasteiger partial charge on any atom is 0.261 e. The second kappa shape index (κ2) is 6.38. The van der Waals surface area contributed by atoms with Crippen LogP contribution in [0, 0.1) is 6.92 Å². The van der Waals surface area contributed by atoms with Crippen LogP contribution < -0.4 is 10.5 Å². The Morgan fingerprint density at radius 2 is 1.84 bits per heavy atom. The van der Waals surface area contributed by atoms with Gasteiger partial charge in [-0.25, -0.2) is 8.42 Å². The summed E-state index contributed by atoms with van der Waals surface area (Å²) in [5.41, 5.74) is 6.88. The predicted octanol–water partition coefficient (Wildman–Crippen LogP) is 3.70. The standard InChI is InChI=1S/C18H15ClN2O3S/c1-11-7-13(19)10-15(8-11)25(23,24)21-14-5-6-16-12(9-14)3-2-4-17(16)18(20)22/h2-10,21H,1H3,(H2,20,22). The number of benzene rings is 3. The largest absolute Gasteiger partial charge is 0.366 e. The highest BCUT2D eigenvalue weighted by molar-refractivity contribution is 7.92. The van der Waals surface area contributed by atoms with E-state index in [4.69, 9.17) is 17.3 Å². The fraction of sp³-hybridized carbons (Fsp3) is 0.0556. The van der Waals surface area contributed by atoms with Crippen LogP contribution >= 0.6 is 11.6 Å². The number of halogens is 1. The van der Waals surface area contributed by atoms with Gasteiger partial charge in [0.15, 0.2) is 0 Å². The number of nitrogens with two attached hydrogens (primary N) is 1. The Morgan fingerprint density at radius 1 is 1.08 bits per heavy atom. The van der Waals surface area contributed by atoms with Gasteiger partial charge in [0, 0.05) is 16.3 Å². The molecule has 3 rings (SSSR count). The number of fused-ring (bicyclic) bond motifs is 1. The number of hydrogen-bond acceptors (Lipinski definition) is 3. The molecule has 0 aliphatic carbocycles. The lowest BCUT2D eigenvalue weighted by Gasteiger charge is -2.11. The normalized spacial score (nSPS) is 11.4. The quantitative estimate of drug-likeness (QED) is 0.729. The molecule has 0 radical (unpaired) electrons. The van der Waals surface area contributed by atoms with Crippen LogP contribution in [0.15, 0.2) is 59.5 Å². The molecule has 1 amide bonds. The molecule has 0 bridgehead atoms. The fourth-order valence-electron chi connectivity index (χ4n) is 2.63. The van der Waals surface area contributed by atoms with Gasteiger partial charge in [-0.05, 0) is 59.7 Å². The van der Waals surface area contributed by atoms with Crippen molar-refractivity contribution in [3.05, 3.63) is 70.7 Å². The summed E-state index contributed by atoms with van der Waals surface area (Å²) in [4.78, 5) is 11.6. The zero-order valence-corrected chi connectivity index (χ0v) is 14.9. The third-order valence-electron chi connectivity index (χ3n) is 3.72.